The molecule has 160 valence electrons. The maximum Gasteiger partial charge on any atom is 0.329 e. The van der Waals surface area contributed by atoms with Gasteiger partial charge in [-0.2, -0.15) is 0 Å². The average Bonchev–Trinajstić information content (AvgIpc) is 2.76. The van der Waals surface area contributed by atoms with Crippen molar-refractivity contribution in [2.24, 2.45) is 5.92 Å². The van der Waals surface area contributed by atoms with Crippen molar-refractivity contribution < 1.29 is 19.4 Å². The van der Waals surface area contributed by atoms with Gasteiger partial charge in [0.2, 0.25) is 5.91 Å². The number of nitrogens with zero attached hydrogens (tertiary/aromatic N) is 1. The molecular weight excluding hydrogens is 380 g/mol. The van der Waals surface area contributed by atoms with Gasteiger partial charge in [-0.25, -0.2) is 4.79 Å². The van der Waals surface area contributed by atoms with Gasteiger partial charge in [-0.3, -0.25) is 4.79 Å². The SMILES string of the molecule is O=C(O)COCC(=O)NCCN1CCC(C(c2ccccc2)c2ccccc2)CC1. The molecule has 3 rings (SSSR count). The average molecular weight is 411 g/mol. The first kappa shape index (κ1) is 22.0. The predicted octanol–water partition coefficient (Wildman–Crippen LogP) is 2.75. The molecule has 0 spiro atoms. The van der Waals surface area contributed by atoms with Gasteiger partial charge >= 0.3 is 5.97 Å². The molecule has 0 bridgehead atoms. The Morgan fingerprint density at radius 2 is 1.53 bits per heavy atom. The van der Waals surface area contributed by atoms with Crippen molar-refractivity contribution in [1.29, 1.82) is 0 Å². The van der Waals surface area contributed by atoms with Gasteiger partial charge in [-0.1, -0.05) is 60.7 Å². The van der Waals surface area contributed by atoms with Gasteiger partial charge in [0, 0.05) is 19.0 Å². The minimum Gasteiger partial charge on any atom is -0.480 e. The maximum absolute atomic E-state index is 11.7. The Kier molecular flexibility index (Phi) is 8.41. The standard InChI is InChI=1S/C24H30N2O4/c27-22(17-30-18-23(28)29)25-13-16-26-14-11-21(12-15-26)24(19-7-3-1-4-8-19)20-9-5-2-6-10-20/h1-10,21,24H,11-18H2,(H,25,27)(H,28,29). The monoisotopic (exact) mass is 410 g/mol. The molecule has 6 heteroatoms. The van der Waals surface area contributed by atoms with Gasteiger partial charge < -0.3 is 20.1 Å². The third-order valence-electron chi connectivity index (χ3n) is 5.63. The van der Waals surface area contributed by atoms with Gasteiger partial charge in [0.15, 0.2) is 0 Å². The number of ether oxygens (including phenoxy) is 1. The fourth-order valence-electron chi connectivity index (χ4n) is 4.20. The number of nitrogens with one attached hydrogen (secondary N) is 1. The van der Waals surface area contributed by atoms with Gasteiger partial charge in [-0.05, 0) is 43.0 Å². The van der Waals surface area contributed by atoms with E-state index in [4.69, 9.17) is 9.84 Å². The summed E-state index contributed by atoms with van der Waals surface area (Å²) in [6.45, 7) is 2.67. The van der Waals surface area contributed by atoms with E-state index < -0.39 is 12.6 Å². The number of benzene rings is 2. The lowest BCUT2D eigenvalue weighted by atomic mass is 9.76. The molecule has 1 fully saturated rings. The molecule has 1 heterocycles. The molecule has 30 heavy (non-hydrogen) atoms. The quantitative estimate of drug-likeness (QED) is 0.630. The molecule has 1 aliphatic rings. The molecule has 1 amide bonds. The zero-order chi connectivity index (χ0) is 21.2. The first-order valence-electron chi connectivity index (χ1n) is 10.5. The molecule has 0 radical (unpaired) electrons. The number of rotatable bonds is 10. The van der Waals surface area contributed by atoms with Crippen molar-refractivity contribution in [2.45, 2.75) is 18.8 Å². The van der Waals surface area contributed by atoms with Crippen molar-refractivity contribution in [3.05, 3.63) is 71.8 Å². The lowest BCUT2D eigenvalue weighted by Crippen LogP contribution is -2.41. The Morgan fingerprint density at radius 1 is 0.967 bits per heavy atom. The second-order valence-corrected chi connectivity index (χ2v) is 7.71. The van der Waals surface area contributed by atoms with Crippen LogP contribution < -0.4 is 5.32 Å². The fourth-order valence-corrected chi connectivity index (χ4v) is 4.20. The van der Waals surface area contributed by atoms with Gasteiger partial charge in [-0.15, -0.1) is 0 Å². The number of piperidine rings is 1. The highest BCUT2D eigenvalue weighted by atomic mass is 16.5. The molecular formula is C24H30N2O4. The summed E-state index contributed by atoms with van der Waals surface area (Å²) in [5, 5.41) is 11.3. The number of carbonyl (C=O) groups excluding carboxylic acids is 1. The van der Waals surface area contributed by atoms with Crippen molar-refractivity contribution in [1.82, 2.24) is 10.2 Å². The molecule has 2 aromatic carbocycles. The normalized spacial score (nSPS) is 15.2. The van der Waals surface area contributed by atoms with Gasteiger partial charge in [0.05, 0.1) is 0 Å². The zero-order valence-electron chi connectivity index (χ0n) is 17.2. The van der Waals surface area contributed by atoms with Crippen LogP contribution in [0, 0.1) is 5.92 Å². The summed E-state index contributed by atoms with van der Waals surface area (Å²) in [7, 11) is 0. The molecule has 2 aromatic rings. The Balaban J connectivity index is 1.47. The van der Waals surface area contributed by atoms with Crippen LogP contribution in [0.25, 0.3) is 0 Å². The summed E-state index contributed by atoms with van der Waals surface area (Å²) in [5.41, 5.74) is 2.74. The largest absolute Gasteiger partial charge is 0.480 e. The number of carboxylic acid groups (broad SMARTS) is 1. The van der Waals surface area contributed by atoms with Gasteiger partial charge in [0.25, 0.3) is 0 Å². The first-order valence-corrected chi connectivity index (χ1v) is 10.5. The predicted molar refractivity (Wildman–Crippen MR) is 115 cm³/mol. The number of carboxylic acids is 1. The first-order chi connectivity index (χ1) is 14.6. The summed E-state index contributed by atoms with van der Waals surface area (Å²) in [6.07, 6.45) is 2.23. The van der Waals surface area contributed by atoms with Crippen molar-refractivity contribution in [3.63, 3.8) is 0 Å². The van der Waals surface area contributed by atoms with Crippen LogP contribution in [-0.2, 0) is 14.3 Å². The molecule has 1 aliphatic heterocycles. The minimum absolute atomic E-state index is 0.218. The van der Waals surface area contributed by atoms with E-state index in [1.807, 2.05) is 0 Å². The van der Waals surface area contributed by atoms with E-state index in [-0.39, 0.29) is 12.5 Å². The molecule has 0 saturated carbocycles. The van der Waals surface area contributed by atoms with Crippen LogP contribution in [0.1, 0.15) is 29.9 Å². The zero-order valence-corrected chi connectivity index (χ0v) is 17.2. The lowest BCUT2D eigenvalue weighted by Gasteiger charge is -2.36. The second kappa shape index (κ2) is 11.5. The third-order valence-corrected chi connectivity index (χ3v) is 5.63. The van der Waals surface area contributed by atoms with Crippen LogP contribution in [0.2, 0.25) is 0 Å². The smallest absolute Gasteiger partial charge is 0.329 e. The van der Waals surface area contributed by atoms with Crippen LogP contribution in [0.4, 0.5) is 0 Å². The Bertz CT molecular complexity index is 750. The van der Waals surface area contributed by atoms with Crippen LogP contribution in [0.3, 0.4) is 0 Å². The van der Waals surface area contributed by atoms with E-state index in [9.17, 15) is 9.59 Å². The summed E-state index contributed by atoms with van der Waals surface area (Å²) in [6, 6.07) is 21.5. The van der Waals surface area contributed by atoms with E-state index in [0.29, 0.717) is 18.4 Å². The molecule has 0 aromatic heterocycles. The van der Waals surface area contributed by atoms with Crippen LogP contribution in [-0.4, -0.2) is 61.3 Å². The second-order valence-electron chi connectivity index (χ2n) is 7.71. The molecule has 0 atom stereocenters. The highest BCUT2D eigenvalue weighted by Gasteiger charge is 2.28. The van der Waals surface area contributed by atoms with Crippen molar-refractivity contribution in [3.8, 4) is 0 Å². The molecule has 6 nitrogen and oxygen atoms in total. The van der Waals surface area contributed by atoms with E-state index in [0.717, 1.165) is 32.5 Å². The van der Waals surface area contributed by atoms with E-state index >= 15 is 0 Å². The molecule has 0 unspecified atom stereocenters. The van der Waals surface area contributed by atoms with E-state index in [2.05, 4.69) is 70.9 Å². The number of hydrogen-bond acceptors (Lipinski definition) is 4. The number of likely N-dealkylation sites (tertiary alicyclic amines) is 1. The highest BCUT2D eigenvalue weighted by molar-refractivity contribution is 5.77. The fraction of sp³-hybridized carbons (Fsp3) is 0.417. The lowest BCUT2D eigenvalue weighted by molar-refractivity contribution is -0.143. The number of aliphatic carboxylic acids is 1. The van der Waals surface area contributed by atoms with Gasteiger partial charge in [0.1, 0.15) is 13.2 Å². The summed E-state index contributed by atoms with van der Waals surface area (Å²) in [5.74, 6) is -0.361. The van der Waals surface area contributed by atoms with Crippen LogP contribution in [0.5, 0.6) is 0 Å². The Labute approximate surface area is 177 Å². The molecule has 0 aliphatic carbocycles. The Morgan fingerprint density at radius 3 is 2.07 bits per heavy atom. The minimum atomic E-state index is -1.07. The van der Waals surface area contributed by atoms with Crippen LogP contribution >= 0.6 is 0 Å². The highest BCUT2D eigenvalue weighted by Crippen LogP contribution is 2.37. The Hall–Kier alpha value is -2.70. The topological polar surface area (TPSA) is 78.9 Å². The summed E-state index contributed by atoms with van der Waals surface area (Å²) in [4.78, 5) is 24.4. The maximum atomic E-state index is 11.7. The summed E-state index contributed by atoms with van der Waals surface area (Å²) >= 11 is 0. The number of carbonyl (C=O) groups is 2. The van der Waals surface area contributed by atoms with Crippen LogP contribution in [0.15, 0.2) is 60.7 Å². The third kappa shape index (κ3) is 6.68. The van der Waals surface area contributed by atoms with Crippen molar-refractivity contribution in [2.75, 3.05) is 39.4 Å². The summed E-state index contributed by atoms with van der Waals surface area (Å²) < 4.78 is 4.80. The molecule has 1 saturated heterocycles. The van der Waals surface area contributed by atoms with E-state index in [1.54, 1.807) is 0 Å². The molecule has 2 N–H and O–H groups in total. The van der Waals surface area contributed by atoms with Crippen molar-refractivity contribution >= 4 is 11.9 Å². The number of amides is 1. The van der Waals surface area contributed by atoms with E-state index in [1.165, 1.54) is 11.1 Å². The number of hydrogen-bond donors (Lipinski definition) is 2.